The molecule has 348 valence electrons. The molecule has 3 heterocycles. The number of allylic oxidation sites excluding steroid dienone is 2. The van der Waals surface area contributed by atoms with Crippen molar-refractivity contribution in [3.05, 3.63) is 70.0 Å². The van der Waals surface area contributed by atoms with Crippen LogP contribution in [0, 0.1) is 39.9 Å². The number of aromatic nitrogens is 4. The van der Waals surface area contributed by atoms with Gasteiger partial charge in [0.05, 0.1) is 35.4 Å². The van der Waals surface area contributed by atoms with Crippen LogP contribution in [0.2, 0.25) is 5.02 Å². The largest absolute Gasteiger partial charge is 0.497 e. The molecule has 0 aliphatic heterocycles. The van der Waals surface area contributed by atoms with Gasteiger partial charge < -0.3 is 45.4 Å². The topological polar surface area (TPSA) is 195 Å². The first-order valence-electron chi connectivity index (χ1n) is 23.1. The number of imidazole rings is 1. The summed E-state index contributed by atoms with van der Waals surface area (Å²) in [4.78, 5) is 39.9. The normalized spacial score (nSPS) is 31.5. The molecule has 0 saturated heterocycles. The van der Waals surface area contributed by atoms with Gasteiger partial charge in [-0.05, 0) is 153 Å². The van der Waals surface area contributed by atoms with E-state index in [1.54, 1.807) is 19.5 Å². The van der Waals surface area contributed by atoms with E-state index >= 15 is 0 Å². The average Bonchev–Trinajstić information content (AvgIpc) is 3.92. The Kier molecular flexibility index (Phi) is 14.3. The number of carbonyl (C=O) groups is 2. The molecule has 0 bridgehead atoms. The fourth-order valence-electron chi connectivity index (χ4n) is 12.9. The van der Waals surface area contributed by atoms with Gasteiger partial charge in [0.15, 0.2) is 5.65 Å². The molecule has 4 saturated carbocycles. The molecule has 0 spiro atoms. The van der Waals surface area contributed by atoms with E-state index in [0.29, 0.717) is 42.2 Å². The van der Waals surface area contributed by atoms with E-state index in [1.165, 1.54) is 6.92 Å². The molecule has 0 radical (unpaired) electrons. The van der Waals surface area contributed by atoms with Crippen LogP contribution < -0.4 is 15.4 Å². The van der Waals surface area contributed by atoms with Gasteiger partial charge in [-0.15, -0.1) is 0 Å². The summed E-state index contributed by atoms with van der Waals surface area (Å²) in [5.74, 6) is 0.646. The predicted octanol–water partition coefficient (Wildman–Crippen LogP) is 9.36. The minimum Gasteiger partial charge on any atom is -0.497 e. The number of aliphatic hydroxyl groups is 2. The smallest absolute Gasteiger partial charge is 0.331 e. The maximum Gasteiger partial charge on any atom is 0.331 e. The summed E-state index contributed by atoms with van der Waals surface area (Å²) in [7, 11) is 1.66. The van der Waals surface area contributed by atoms with Gasteiger partial charge in [-0.25, -0.2) is 9.78 Å². The first-order chi connectivity index (χ1) is 30.4. The van der Waals surface area contributed by atoms with E-state index in [-0.39, 0.29) is 40.1 Å². The van der Waals surface area contributed by atoms with Crippen LogP contribution in [0.3, 0.4) is 0 Å². The van der Waals surface area contributed by atoms with Gasteiger partial charge in [-0.2, -0.15) is 4.98 Å². The van der Waals surface area contributed by atoms with Crippen molar-refractivity contribution in [2.75, 3.05) is 25.5 Å². The van der Waals surface area contributed by atoms with Gasteiger partial charge in [0.25, 0.3) is 0 Å². The number of aliphatic carboxylic acids is 1. The third-order valence-corrected chi connectivity index (χ3v) is 16.3. The van der Waals surface area contributed by atoms with Crippen LogP contribution in [-0.4, -0.2) is 85.7 Å². The maximum absolute atomic E-state index is 12.6. The molecule has 4 aromatic rings. The van der Waals surface area contributed by atoms with Crippen LogP contribution in [0.4, 0.5) is 5.95 Å². The lowest BCUT2D eigenvalue weighted by atomic mass is 9.36. The quantitative estimate of drug-likeness (QED) is 0.0293. The lowest BCUT2D eigenvalue weighted by molar-refractivity contribution is -0.234. The zero-order chi connectivity index (χ0) is 46.1. The van der Waals surface area contributed by atoms with E-state index in [0.717, 1.165) is 102 Å². The molecule has 1 unspecified atom stereocenters. The van der Waals surface area contributed by atoms with Crippen molar-refractivity contribution in [2.45, 2.75) is 131 Å². The SMILES string of the molecule is CC(=O)O[C@H]1C[C@@]2(C)[C@@H](C[C@@H](O)C3[C@]2(C)CC[C@H]2[C@H](C)[C@H](O)CC[C@]32C)/C1=C(/CCC=C(C)C)C(=O)O.COc1cc(CNCCCNc2nc3ncccc3[nH]2)c2[nH]cc(Cl)c2c1. The van der Waals surface area contributed by atoms with Crippen molar-refractivity contribution >= 4 is 51.6 Å². The molecule has 14 heteroatoms. The number of esters is 1. The molecule has 13 nitrogen and oxygen atoms in total. The van der Waals surface area contributed by atoms with Gasteiger partial charge in [-0.3, -0.25) is 4.79 Å². The van der Waals surface area contributed by atoms with Crippen LogP contribution in [-0.2, 0) is 20.9 Å². The number of nitrogens with zero attached hydrogens (tertiary/aromatic N) is 2. The van der Waals surface area contributed by atoms with Crippen LogP contribution >= 0.6 is 11.6 Å². The standard InChI is InChI=1S/C31H48O6.C19H21ClN6O/c1-17(2)9-8-10-20(28(35)36)26-22-15-24(34)27-29(5)13-12-23(33)18(3)21(29)11-14-30(27,6)31(22,7)16-25(26)37-19(4)32;1-27-13-8-12(17-14(9-13)15(20)11-24-17)10-21-5-3-7-23-19-25-16-4-2-6-22-18(16)26-19/h9,18,21-25,27,33-34H,8,10-16H2,1-7H3,(H,35,36);2,4,6,8-9,11,21,24H,3,5,7,10H2,1H3,(H2,22,23,25,26)/b26-20+;/t18-,21-,22-,23+,24+,25-,27?,29-,30-,31-;/m0./s1. The second kappa shape index (κ2) is 19.2. The van der Waals surface area contributed by atoms with Crippen LogP contribution in [0.5, 0.6) is 5.75 Å². The minimum absolute atomic E-state index is 0.0474. The molecule has 64 heavy (non-hydrogen) atoms. The third-order valence-electron chi connectivity index (χ3n) is 16.0. The molecule has 4 aliphatic rings. The summed E-state index contributed by atoms with van der Waals surface area (Å²) >= 11 is 6.23. The second-order valence-electron chi connectivity index (χ2n) is 19.9. The van der Waals surface area contributed by atoms with Crippen molar-refractivity contribution in [3.8, 4) is 5.75 Å². The maximum atomic E-state index is 12.6. The minimum atomic E-state index is -0.953. The molecule has 7 N–H and O–H groups in total. The molecule has 3 aromatic heterocycles. The van der Waals surface area contributed by atoms with Gasteiger partial charge in [0, 0.05) is 43.4 Å². The number of rotatable bonds is 13. The molecule has 4 fully saturated rings. The lowest BCUT2D eigenvalue weighted by Crippen LogP contribution is -2.65. The summed E-state index contributed by atoms with van der Waals surface area (Å²) in [5.41, 5.74) is 5.41. The highest BCUT2D eigenvalue weighted by Gasteiger charge is 2.70. The number of halogens is 1. The van der Waals surface area contributed by atoms with Crippen molar-refractivity contribution < 1.29 is 34.4 Å². The van der Waals surface area contributed by atoms with Gasteiger partial charge in [-0.1, -0.05) is 50.9 Å². The van der Waals surface area contributed by atoms with Crippen LogP contribution in [0.25, 0.3) is 22.1 Å². The number of hydrogen-bond donors (Lipinski definition) is 7. The van der Waals surface area contributed by atoms with E-state index in [2.05, 4.69) is 58.3 Å². The molecule has 4 aliphatic carbocycles. The number of carbonyl (C=O) groups excluding carboxylic acids is 1. The van der Waals surface area contributed by atoms with Crippen LogP contribution in [0.1, 0.15) is 112 Å². The van der Waals surface area contributed by atoms with E-state index < -0.39 is 24.1 Å². The number of nitrogens with one attached hydrogen (secondary N) is 4. The molecule has 8 rings (SSSR count). The van der Waals surface area contributed by atoms with Crippen LogP contribution in [0.15, 0.2) is 59.5 Å². The molecule has 10 atom stereocenters. The van der Waals surface area contributed by atoms with E-state index in [1.807, 2.05) is 44.2 Å². The van der Waals surface area contributed by atoms with Gasteiger partial charge >= 0.3 is 11.9 Å². The summed E-state index contributed by atoms with van der Waals surface area (Å²) in [6.45, 7) is 16.9. The Balaban J connectivity index is 0.000000201. The predicted molar refractivity (Wildman–Crippen MR) is 251 cm³/mol. The Labute approximate surface area is 382 Å². The lowest BCUT2D eigenvalue weighted by Gasteiger charge is -2.69. The fourth-order valence-corrected chi connectivity index (χ4v) is 13.1. The number of ether oxygens (including phenoxy) is 2. The third kappa shape index (κ3) is 9.06. The van der Waals surface area contributed by atoms with E-state index in [9.17, 15) is 24.9 Å². The highest BCUT2D eigenvalue weighted by atomic mass is 35.5. The number of pyridine rings is 1. The number of carboxylic acid groups (broad SMARTS) is 1. The Morgan fingerprint density at radius 3 is 2.55 bits per heavy atom. The summed E-state index contributed by atoms with van der Waals surface area (Å²) < 4.78 is 11.3. The van der Waals surface area contributed by atoms with E-state index in [4.69, 9.17) is 21.1 Å². The number of hydrogen-bond acceptors (Lipinski definition) is 10. The highest BCUT2D eigenvalue weighted by molar-refractivity contribution is 6.35. The van der Waals surface area contributed by atoms with Crippen molar-refractivity contribution in [1.29, 1.82) is 0 Å². The Hall–Kier alpha value is -4.43. The zero-order valence-corrected chi connectivity index (χ0v) is 39.6. The number of aliphatic hydroxyl groups excluding tert-OH is 2. The number of methoxy groups -OCH3 is 1. The number of carboxylic acids is 1. The molecule has 0 amide bonds. The second-order valence-corrected chi connectivity index (χ2v) is 20.3. The number of aromatic amines is 2. The Morgan fingerprint density at radius 1 is 1.06 bits per heavy atom. The first-order valence-corrected chi connectivity index (χ1v) is 23.5. The number of benzene rings is 1. The molecular weight excluding hydrogens is 832 g/mol. The summed E-state index contributed by atoms with van der Waals surface area (Å²) in [5, 5.41) is 41.3. The van der Waals surface area contributed by atoms with Crippen molar-refractivity contribution in [3.63, 3.8) is 0 Å². The Bertz CT molecular complexity index is 2360. The van der Waals surface area contributed by atoms with Crippen molar-refractivity contribution in [1.82, 2.24) is 25.3 Å². The van der Waals surface area contributed by atoms with Gasteiger partial charge in [0.1, 0.15) is 11.9 Å². The van der Waals surface area contributed by atoms with Crippen molar-refractivity contribution in [2.24, 2.45) is 39.9 Å². The zero-order valence-electron chi connectivity index (χ0n) is 38.8. The highest BCUT2D eigenvalue weighted by Crippen LogP contribution is 2.74. The Morgan fingerprint density at radius 2 is 1.84 bits per heavy atom. The summed E-state index contributed by atoms with van der Waals surface area (Å²) in [6, 6.07) is 7.83. The summed E-state index contributed by atoms with van der Waals surface area (Å²) in [6.07, 6.45) is 10.7. The van der Waals surface area contributed by atoms with Gasteiger partial charge in [0.2, 0.25) is 5.95 Å². The fraction of sp³-hybridized carbons (Fsp3) is 0.600. The number of H-pyrrole nitrogens is 2. The first kappa shape index (κ1) is 47.5. The monoisotopic (exact) mass is 900 g/mol. The molecular formula is C50H69ClN6O7. The number of anilines is 1. The average molecular weight is 902 g/mol. The molecule has 1 aromatic carbocycles. The number of fused-ring (bicyclic) bond motifs is 7.